The van der Waals surface area contributed by atoms with Gasteiger partial charge in [-0.05, 0) is 93.2 Å². The van der Waals surface area contributed by atoms with Crippen molar-refractivity contribution in [2.45, 2.75) is 122 Å². The largest absolute Gasteiger partial charge is 0.506 e. The average molecular weight is 692 g/mol. The van der Waals surface area contributed by atoms with Gasteiger partial charge in [-0.15, -0.1) is 0 Å². The summed E-state index contributed by atoms with van der Waals surface area (Å²) in [4.78, 5) is 45.7. The first kappa shape index (κ1) is 36.0. The molecule has 3 aliphatic heterocycles. The highest BCUT2D eigenvalue weighted by atomic mass is 16.7. The molecule has 1 aromatic carbocycles. The predicted molar refractivity (Wildman–Crippen MR) is 184 cm³/mol. The summed E-state index contributed by atoms with van der Waals surface area (Å²) in [5.41, 5.74) is -2.77. The summed E-state index contributed by atoms with van der Waals surface area (Å²) in [6.07, 6.45) is 8.31. The van der Waals surface area contributed by atoms with Crippen molar-refractivity contribution in [2.75, 3.05) is 0 Å². The van der Waals surface area contributed by atoms with Crippen LogP contribution in [0.2, 0.25) is 0 Å². The van der Waals surface area contributed by atoms with E-state index in [9.17, 15) is 29.7 Å². The number of ether oxygens (including phenoxy) is 3. The molecule has 3 heterocycles. The molecule has 2 bridgehead atoms. The molecule has 5 aliphatic rings. The molecular formula is C39H49NO10. The Morgan fingerprint density at radius 1 is 1.14 bits per heavy atom. The number of hydrogen-bond acceptors (Lipinski definition) is 11. The molecule has 0 amide bonds. The van der Waals surface area contributed by atoms with E-state index >= 15 is 0 Å². The Bertz CT molecular complexity index is 1770. The molecule has 2 aliphatic carbocycles. The van der Waals surface area contributed by atoms with Gasteiger partial charge >= 0.3 is 5.97 Å². The van der Waals surface area contributed by atoms with Crippen LogP contribution in [0.3, 0.4) is 0 Å². The van der Waals surface area contributed by atoms with Crippen LogP contribution in [0.25, 0.3) is 6.08 Å². The van der Waals surface area contributed by atoms with E-state index < -0.39 is 58.2 Å². The van der Waals surface area contributed by atoms with E-state index in [-0.39, 0.29) is 69.6 Å². The van der Waals surface area contributed by atoms with E-state index in [0.29, 0.717) is 12.8 Å². The van der Waals surface area contributed by atoms with Crippen molar-refractivity contribution in [3.05, 3.63) is 57.7 Å². The summed E-state index contributed by atoms with van der Waals surface area (Å²) in [6, 6.07) is 0. The number of fused-ring (bicyclic) bond motifs is 3. The van der Waals surface area contributed by atoms with Crippen molar-refractivity contribution >= 4 is 23.6 Å². The highest BCUT2D eigenvalue weighted by Crippen LogP contribution is 2.64. The van der Waals surface area contributed by atoms with E-state index in [1.54, 1.807) is 25.2 Å². The van der Waals surface area contributed by atoms with Gasteiger partial charge in [-0.1, -0.05) is 23.8 Å². The fourth-order valence-corrected chi connectivity index (χ4v) is 8.44. The summed E-state index contributed by atoms with van der Waals surface area (Å²) in [6.45, 7) is 14.3. The van der Waals surface area contributed by atoms with Crippen molar-refractivity contribution in [3.8, 4) is 17.2 Å². The van der Waals surface area contributed by atoms with E-state index in [0.717, 1.165) is 12.0 Å². The second-order valence-electron chi connectivity index (χ2n) is 16.1. The van der Waals surface area contributed by atoms with Gasteiger partial charge < -0.3 is 34.4 Å². The van der Waals surface area contributed by atoms with Crippen molar-refractivity contribution in [1.29, 1.82) is 0 Å². The normalized spacial score (nSPS) is 31.0. The van der Waals surface area contributed by atoms with Gasteiger partial charge in [0.15, 0.2) is 11.4 Å². The summed E-state index contributed by atoms with van der Waals surface area (Å²) >= 11 is 0. The van der Waals surface area contributed by atoms with Crippen LogP contribution in [0.15, 0.2) is 41.0 Å². The molecule has 2 fully saturated rings. The van der Waals surface area contributed by atoms with Crippen molar-refractivity contribution in [3.63, 3.8) is 0 Å². The maximum atomic E-state index is 14.9. The topological polar surface area (TPSA) is 175 Å². The Morgan fingerprint density at radius 2 is 1.84 bits per heavy atom. The number of aliphatic hydroxyl groups excluding tert-OH is 1. The van der Waals surface area contributed by atoms with Crippen LogP contribution in [0.4, 0.5) is 0 Å². The van der Waals surface area contributed by atoms with Crippen LogP contribution in [0.1, 0.15) is 103 Å². The van der Waals surface area contributed by atoms with E-state index in [2.05, 4.69) is 10.9 Å². The number of phenolic OH excluding ortho intramolecular Hbond substituents is 1. The molecule has 1 aromatic rings. The van der Waals surface area contributed by atoms with Crippen LogP contribution in [0.5, 0.6) is 17.2 Å². The number of nitrogens with two attached hydrogens (primary N) is 1. The molecule has 0 aromatic heterocycles. The molecule has 0 radical (unpaired) electrons. The molecule has 1 saturated heterocycles. The van der Waals surface area contributed by atoms with Crippen LogP contribution >= 0.6 is 0 Å². The molecule has 11 nitrogen and oxygen atoms in total. The molecule has 5 N–H and O–H groups in total. The van der Waals surface area contributed by atoms with Crippen molar-refractivity contribution in [1.82, 2.24) is 0 Å². The molecular weight excluding hydrogens is 642 g/mol. The Balaban J connectivity index is 1.58. The average Bonchev–Trinajstić information content (AvgIpc) is 3.29. The van der Waals surface area contributed by atoms with Gasteiger partial charge in [-0.25, -0.2) is 4.79 Å². The molecule has 270 valence electrons. The first-order valence-electron chi connectivity index (χ1n) is 17.3. The number of allylic oxidation sites excluding steroid dienone is 3. The third kappa shape index (κ3) is 5.62. The second-order valence-corrected chi connectivity index (χ2v) is 16.1. The highest BCUT2D eigenvalue weighted by Gasteiger charge is 2.72. The number of carbonyl (C=O) groups is 3. The summed E-state index contributed by atoms with van der Waals surface area (Å²) in [5.74, 6) is 2.04. The van der Waals surface area contributed by atoms with Gasteiger partial charge in [-0.3, -0.25) is 9.59 Å². The molecule has 1 saturated carbocycles. The number of carbonyl (C=O) groups excluding carboxylic acids is 3. The Labute approximate surface area is 292 Å². The number of ketones is 2. The molecule has 1 spiro atoms. The fourth-order valence-electron chi connectivity index (χ4n) is 8.44. The maximum Gasteiger partial charge on any atom is 0.351 e. The van der Waals surface area contributed by atoms with Crippen LogP contribution in [0, 0.1) is 17.8 Å². The number of aliphatic hydroxyl groups is 2. The second kappa shape index (κ2) is 12.2. The number of benzene rings is 1. The smallest absolute Gasteiger partial charge is 0.351 e. The lowest BCUT2D eigenvalue weighted by atomic mass is 9.61. The number of phenols is 1. The lowest BCUT2D eigenvalue weighted by molar-refractivity contribution is -0.230. The van der Waals surface area contributed by atoms with Gasteiger partial charge in [0.05, 0.1) is 28.8 Å². The minimum Gasteiger partial charge on any atom is -0.506 e. The van der Waals surface area contributed by atoms with Gasteiger partial charge in [0, 0.05) is 35.0 Å². The SMILES string of the molecule is CC(C)=CCCC1(C)C=Cc2c(O)c3c(c(CC(O)C(C)(C)O)c2O1)OC12C(=C[C@@H]4CC([C@H]1C4=O)C(C)(C)OC2C/C=C(/C)C(=O)ON)C3=O. The molecule has 11 heteroatoms. The van der Waals surface area contributed by atoms with Crippen LogP contribution in [-0.2, 0) is 25.6 Å². The van der Waals surface area contributed by atoms with E-state index in [4.69, 9.17) is 20.1 Å². The van der Waals surface area contributed by atoms with Gasteiger partial charge in [0.1, 0.15) is 40.3 Å². The van der Waals surface area contributed by atoms with Crippen LogP contribution < -0.4 is 15.4 Å². The van der Waals surface area contributed by atoms with Gasteiger partial charge in [0.2, 0.25) is 0 Å². The Hall–Kier alpha value is -3.77. The first-order valence-corrected chi connectivity index (χ1v) is 17.3. The molecule has 5 unspecified atom stereocenters. The summed E-state index contributed by atoms with van der Waals surface area (Å²) < 4.78 is 20.5. The molecule has 7 atom stereocenters. The standard InChI is InChI=1S/C39H49NO10/c1-19(2)10-9-14-38(8)15-13-22-31(43)28-32(44)25-17-21-16-24-29(30(21)42)39(25,27(47-37(24,6)7)12-11-20(3)35(45)50-40)49-34(28)23(33(22)48-38)18-26(41)36(4,5)46/h10-11,13,15,17,21,24,26-27,29,41,43,46H,9,12,14,16,18,40H2,1-8H3/b20-11-/t21-,24?,26?,27?,29-,38?,39?/m0/s1. The minimum absolute atomic E-state index is 0.0269. The van der Waals surface area contributed by atoms with E-state index in [1.165, 1.54) is 13.8 Å². The van der Waals surface area contributed by atoms with Crippen molar-refractivity contribution < 1.29 is 48.8 Å². The Kier molecular flexibility index (Phi) is 8.78. The number of hydrogen-bond donors (Lipinski definition) is 4. The first-order chi connectivity index (χ1) is 23.3. The summed E-state index contributed by atoms with van der Waals surface area (Å²) in [7, 11) is 0. The van der Waals surface area contributed by atoms with E-state index in [1.807, 2.05) is 40.7 Å². The zero-order valence-electron chi connectivity index (χ0n) is 30.1. The van der Waals surface area contributed by atoms with Gasteiger partial charge in [0.25, 0.3) is 0 Å². The lowest BCUT2D eigenvalue weighted by Gasteiger charge is -2.57. The third-order valence-electron chi connectivity index (χ3n) is 11.3. The Morgan fingerprint density at radius 3 is 2.48 bits per heavy atom. The maximum absolute atomic E-state index is 14.9. The minimum atomic E-state index is -1.63. The quantitative estimate of drug-likeness (QED) is 0.156. The number of Topliss-reactive ketones (excluding diaryl/α,β-unsaturated/α-hetero) is 2. The predicted octanol–water partition coefficient (Wildman–Crippen LogP) is 4.98. The third-order valence-corrected chi connectivity index (χ3v) is 11.3. The molecule has 6 rings (SSSR count). The highest BCUT2D eigenvalue weighted by molar-refractivity contribution is 6.18. The van der Waals surface area contributed by atoms with Crippen molar-refractivity contribution in [2.24, 2.45) is 23.7 Å². The van der Waals surface area contributed by atoms with Crippen LogP contribution in [-0.4, -0.2) is 67.5 Å². The number of rotatable bonds is 9. The lowest BCUT2D eigenvalue weighted by Crippen LogP contribution is -2.69. The molecule has 50 heavy (non-hydrogen) atoms. The fraction of sp³-hybridized carbons (Fsp3) is 0.564. The van der Waals surface area contributed by atoms with Gasteiger partial charge in [-0.2, -0.15) is 5.90 Å². The zero-order chi connectivity index (χ0) is 36.7. The number of aromatic hydroxyl groups is 1. The monoisotopic (exact) mass is 691 g/mol. The summed E-state index contributed by atoms with van der Waals surface area (Å²) in [5, 5.41) is 34.1. The zero-order valence-corrected chi connectivity index (χ0v) is 30.1.